The molecule has 0 bridgehead atoms. The highest BCUT2D eigenvalue weighted by atomic mass is 16.5. The van der Waals surface area contributed by atoms with Crippen molar-refractivity contribution in [3.8, 4) is 11.3 Å². The number of hydrogen-bond donors (Lipinski definition) is 2. The lowest BCUT2D eigenvalue weighted by Crippen LogP contribution is -2.17. The Morgan fingerprint density at radius 2 is 2.14 bits per heavy atom. The molecule has 1 aromatic heterocycles. The second-order valence-electron chi connectivity index (χ2n) is 5.00. The van der Waals surface area contributed by atoms with Crippen LogP contribution in [0.25, 0.3) is 11.3 Å². The summed E-state index contributed by atoms with van der Waals surface area (Å²) in [6.07, 6.45) is 1.87. The van der Waals surface area contributed by atoms with E-state index in [9.17, 15) is 9.59 Å². The molecule has 2 heterocycles. The summed E-state index contributed by atoms with van der Waals surface area (Å²) in [5.74, 6) is -0.375. The molecule has 3 rings (SSSR count). The predicted octanol–water partition coefficient (Wildman–Crippen LogP) is 1.37. The number of nitrogens with one attached hydrogen (secondary N) is 2. The second kappa shape index (κ2) is 5.78. The van der Waals surface area contributed by atoms with E-state index in [2.05, 4.69) is 15.5 Å². The lowest BCUT2D eigenvalue weighted by molar-refractivity contribution is -0.119. The number of aromatic amines is 1. The van der Waals surface area contributed by atoms with Gasteiger partial charge in [-0.2, -0.15) is 5.10 Å². The Morgan fingerprint density at radius 3 is 2.86 bits per heavy atom. The largest absolute Gasteiger partial charge is 0.462 e. The fourth-order valence-electron chi connectivity index (χ4n) is 2.32. The molecule has 1 aromatic carbocycles. The summed E-state index contributed by atoms with van der Waals surface area (Å²) in [5, 5.41) is 9.46. The van der Waals surface area contributed by atoms with E-state index in [0.717, 1.165) is 5.56 Å². The van der Waals surface area contributed by atoms with Gasteiger partial charge in [0.2, 0.25) is 5.91 Å². The number of aromatic nitrogens is 2. The van der Waals surface area contributed by atoms with Gasteiger partial charge in [-0.05, 0) is 0 Å². The van der Waals surface area contributed by atoms with Gasteiger partial charge in [0.15, 0.2) is 0 Å². The predicted molar refractivity (Wildman–Crippen MR) is 75.4 cm³/mol. The van der Waals surface area contributed by atoms with Gasteiger partial charge in [-0.3, -0.25) is 9.89 Å². The molecule has 0 spiro atoms. The van der Waals surface area contributed by atoms with E-state index in [1.165, 1.54) is 6.20 Å². The van der Waals surface area contributed by atoms with Gasteiger partial charge in [0.25, 0.3) is 0 Å². The van der Waals surface area contributed by atoms with Crippen LogP contribution in [0.3, 0.4) is 0 Å². The maximum atomic E-state index is 12.2. The van der Waals surface area contributed by atoms with E-state index < -0.39 is 5.97 Å². The summed E-state index contributed by atoms with van der Waals surface area (Å²) in [5.41, 5.74) is 1.92. The number of esters is 1. The van der Waals surface area contributed by atoms with Crippen LogP contribution in [0.4, 0.5) is 0 Å². The number of hydrogen-bond acceptors (Lipinski definition) is 4. The van der Waals surface area contributed by atoms with Crippen molar-refractivity contribution in [1.82, 2.24) is 15.5 Å². The van der Waals surface area contributed by atoms with Crippen molar-refractivity contribution in [3.05, 3.63) is 42.1 Å². The average Bonchev–Trinajstić information content (AvgIpc) is 3.14. The van der Waals surface area contributed by atoms with Gasteiger partial charge in [-0.15, -0.1) is 0 Å². The van der Waals surface area contributed by atoms with Crippen molar-refractivity contribution >= 4 is 11.9 Å². The van der Waals surface area contributed by atoms with Crippen molar-refractivity contribution in [3.63, 3.8) is 0 Å². The Morgan fingerprint density at radius 1 is 1.33 bits per heavy atom. The van der Waals surface area contributed by atoms with Gasteiger partial charge < -0.3 is 10.1 Å². The molecule has 0 saturated carbocycles. The lowest BCUT2D eigenvalue weighted by Gasteiger charge is -2.08. The number of ether oxygens (including phenoxy) is 1. The van der Waals surface area contributed by atoms with Crippen LogP contribution in [0.1, 0.15) is 16.8 Å². The molecular weight excluding hydrogens is 270 g/mol. The van der Waals surface area contributed by atoms with Crippen LogP contribution in [-0.4, -0.2) is 35.2 Å². The fraction of sp³-hybridized carbons (Fsp3) is 0.267. The molecule has 108 valence electrons. The van der Waals surface area contributed by atoms with Gasteiger partial charge in [0.1, 0.15) is 5.56 Å². The fourth-order valence-corrected chi connectivity index (χ4v) is 2.32. The quantitative estimate of drug-likeness (QED) is 0.831. The zero-order valence-electron chi connectivity index (χ0n) is 11.3. The summed E-state index contributed by atoms with van der Waals surface area (Å²) in [6.45, 7) is 0.792. The van der Waals surface area contributed by atoms with E-state index in [0.29, 0.717) is 24.2 Å². The molecule has 1 amide bonds. The summed E-state index contributed by atoms with van der Waals surface area (Å²) in [7, 11) is 0. The number of carbonyl (C=O) groups excluding carboxylic acids is 2. The lowest BCUT2D eigenvalue weighted by atomic mass is 10.1. The third-order valence-electron chi connectivity index (χ3n) is 3.43. The van der Waals surface area contributed by atoms with E-state index >= 15 is 0 Å². The minimum absolute atomic E-state index is 0.00401. The topological polar surface area (TPSA) is 84.1 Å². The van der Waals surface area contributed by atoms with Crippen molar-refractivity contribution in [2.24, 2.45) is 5.92 Å². The van der Waals surface area contributed by atoms with Crippen LogP contribution in [0.5, 0.6) is 0 Å². The smallest absolute Gasteiger partial charge is 0.341 e. The van der Waals surface area contributed by atoms with E-state index in [1.54, 1.807) is 0 Å². The molecule has 0 aliphatic carbocycles. The van der Waals surface area contributed by atoms with E-state index in [4.69, 9.17) is 4.74 Å². The SMILES string of the molecule is O=C1C[C@H](COC(=O)c2cn[nH]c2-c2ccccc2)CN1. The van der Waals surface area contributed by atoms with Gasteiger partial charge in [-0.25, -0.2) is 4.79 Å². The van der Waals surface area contributed by atoms with Crippen molar-refractivity contribution in [1.29, 1.82) is 0 Å². The summed E-state index contributed by atoms with van der Waals surface area (Å²) in [4.78, 5) is 23.2. The Labute approximate surface area is 121 Å². The molecule has 2 N–H and O–H groups in total. The van der Waals surface area contributed by atoms with Crippen LogP contribution in [0, 0.1) is 5.92 Å². The summed E-state index contributed by atoms with van der Waals surface area (Å²) in [6, 6.07) is 9.47. The van der Waals surface area contributed by atoms with Crippen LogP contribution in [0.15, 0.2) is 36.5 Å². The molecule has 1 aliphatic rings. The van der Waals surface area contributed by atoms with Crippen LogP contribution in [0.2, 0.25) is 0 Å². The number of rotatable bonds is 4. The number of nitrogens with zero attached hydrogens (tertiary/aromatic N) is 1. The first-order valence-corrected chi connectivity index (χ1v) is 6.76. The second-order valence-corrected chi connectivity index (χ2v) is 5.00. The zero-order valence-corrected chi connectivity index (χ0v) is 11.3. The van der Waals surface area contributed by atoms with Crippen molar-refractivity contribution in [2.45, 2.75) is 6.42 Å². The molecule has 1 saturated heterocycles. The Kier molecular flexibility index (Phi) is 3.68. The number of amides is 1. The van der Waals surface area contributed by atoms with Crippen LogP contribution in [-0.2, 0) is 9.53 Å². The van der Waals surface area contributed by atoms with E-state index in [-0.39, 0.29) is 18.4 Å². The molecule has 1 aliphatic heterocycles. The standard InChI is InChI=1S/C15H15N3O3/c19-13-6-10(7-16-13)9-21-15(20)12-8-17-18-14(12)11-4-2-1-3-5-11/h1-5,8,10H,6-7,9H2,(H,16,19)(H,17,18)/t10-/m0/s1. The first kappa shape index (κ1) is 13.4. The van der Waals surface area contributed by atoms with Gasteiger partial charge in [-0.1, -0.05) is 30.3 Å². The first-order chi connectivity index (χ1) is 10.2. The molecular formula is C15H15N3O3. The molecule has 2 aromatic rings. The molecule has 1 fully saturated rings. The Bertz CT molecular complexity index is 651. The molecule has 6 nitrogen and oxygen atoms in total. The third kappa shape index (κ3) is 2.94. The average molecular weight is 285 g/mol. The summed E-state index contributed by atoms with van der Waals surface area (Å²) >= 11 is 0. The highest BCUT2D eigenvalue weighted by Crippen LogP contribution is 2.21. The molecule has 0 radical (unpaired) electrons. The summed E-state index contributed by atoms with van der Waals surface area (Å²) < 4.78 is 5.29. The highest BCUT2D eigenvalue weighted by molar-refractivity contribution is 5.95. The minimum Gasteiger partial charge on any atom is -0.462 e. The maximum Gasteiger partial charge on any atom is 0.341 e. The third-order valence-corrected chi connectivity index (χ3v) is 3.43. The van der Waals surface area contributed by atoms with Gasteiger partial charge in [0.05, 0.1) is 18.5 Å². The molecule has 21 heavy (non-hydrogen) atoms. The monoisotopic (exact) mass is 285 g/mol. The number of benzene rings is 1. The van der Waals surface area contributed by atoms with Gasteiger partial charge in [0, 0.05) is 24.4 Å². The van der Waals surface area contributed by atoms with Crippen LogP contribution < -0.4 is 5.32 Å². The number of carbonyl (C=O) groups is 2. The maximum absolute atomic E-state index is 12.2. The Hall–Kier alpha value is -2.63. The first-order valence-electron chi connectivity index (χ1n) is 6.76. The molecule has 6 heteroatoms. The molecule has 1 atom stereocenters. The minimum atomic E-state index is -0.429. The highest BCUT2D eigenvalue weighted by Gasteiger charge is 2.24. The van der Waals surface area contributed by atoms with E-state index in [1.807, 2.05) is 30.3 Å². The van der Waals surface area contributed by atoms with Crippen molar-refractivity contribution in [2.75, 3.05) is 13.2 Å². The normalized spacial score (nSPS) is 17.5. The number of H-pyrrole nitrogens is 1. The molecule has 0 unspecified atom stereocenters. The zero-order chi connectivity index (χ0) is 14.7. The van der Waals surface area contributed by atoms with Crippen molar-refractivity contribution < 1.29 is 14.3 Å². The van der Waals surface area contributed by atoms with Gasteiger partial charge >= 0.3 is 5.97 Å². The van der Waals surface area contributed by atoms with Crippen LogP contribution >= 0.6 is 0 Å². The Balaban J connectivity index is 1.68.